The van der Waals surface area contributed by atoms with Crippen LogP contribution in [0.3, 0.4) is 0 Å². The van der Waals surface area contributed by atoms with Gasteiger partial charge in [0, 0.05) is 31.7 Å². The van der Waals surface area contributed by atoms with Crippen LogP contribution in [0.1, 0.15) is 20.8 Å². The lowest BCUT2D eigenvalue weighted by Crippen LogP contribution is -2.52. The molecule has 1 aromatic carbocycles. The number of hydrogen-bond donors (Lipinski definition) is 1. The number of benzene rings is 1. The summed E-state index contributed by atoms with van der Waals surface area (Å²) in [5.41, 5.74) is 0. The lowest BCUT2D eigenvalue weighted by atomic mass is 10.3. The predicted molar refractivity (Wildman–Crippen MR) is 85.0 cm³/mol. The Bertz CT molecular complexity index is 604. The molecule has 1 fully saturated rings. The van der Waals surface area contributed by atoms with Gasteiger partial charge in [0.1, 0.15) is 0 Å². The zero-order valence-corrected chi connectivity index (χ0v) is 14.1. The predicted octanol–water partition coefficient (Wildman–Crippen LogP) is 1.47. The fourth-order valence-electron chi connectivity index (χ4n) is 2.51. The summed E-state index contributed by atoms with van der Waals surface area (Å²) in [7, 11) is -3.53. The summed E-state index contributed by atoms with van der Waals surface area (Å²) in [6, 6.07) is 4.73. The fraction of sp³-hybridized carbons (Fsp3) is 0.600. The Balaban J connectivity index is 2.36. The Morgan fingerprint density at radius 1 is 1.23 bits per heavy atom. The van der Waals surface area contributed by atoms with Crippen molar-refractivity contribution in [3.05, 3.63) is 18.2 Å². The summed E-state index contributed by atoms with van der Waals surface area (Å²) < 4.78 is 38.2. The van der Waals surface area contributed by atoms with Gasteiger partial charge in [-0.3, -0.25) is 0 Å². The second-order valence-corrected chi connectivity index (χ2v) is 7.03. The molecule has 1 N–H and O–H groups in total. The molecule has 1 aromatic rings. The van der Waals surface area contributed by atoms with E-state index >= 15 is 0 Å². The first-order chi connectivity index (χ1) is 10.5. The Morgan fingerprint density at radius 2 is 1.91 bits per heavy atom. The van der Waals surface area contributed by atoms with Gasteiger partial charge in [-0.15, -0.1) is 0 Å². The molecule has 0 aromatic heterocycles. The number of sulfonamides is 1. The van der Waals surface area contributed by atoms with Crippen LogP contribution in [-0.4, -0.2) is 51.6 Å². The molecule has 1 atom stereocenters. The van der Waals surface area contributed by atoms with Gasteiger partial charge >= 0.3 is 0 Å². The van der Waals surface area contributed by atoms with Gasteiger partial charge < -0.3 is 14.8 Å². The van der Waals surface area contributed by atoms with Crippen molar-refractivity contribution < 1.29 is 17.9 Å². The monoisotopic (exact) mass is 328 g/mol. The molecule has 1 aliphatic heterocycles. The number of nitrogens with zero attached hydrogens (tertiary/aromatic N) is 1. The average Bonchev–Trinajstić information content (AvgIpc) is 2.49. The van der Waals surface area contributed by atoms with Crippen molar-refractivity contribution in [3.8, 4) is 11.5 Å². The van der Waals surface area contributed by atoms with Crippen LogP contribution < -0.4 is 14.8 Å². The van der Waals surface area contributed by atoms with Crippen molar-refractivity contribution >= 4 is 10.0 Å². The van der Waals surface area contributed by atoms with Crippen molar-refractivity contribution in [1.82, 2.24) is 9.62 Å². The Labute approximate surface area is 132 Å². The number of ether oxygens (including phenoxy) is 2. The molecule has 124 valence electrons. The van der Waals surface area contributed by atoms with E-state index in [4.69, 9.17) is 9.47 Å². The van der Waals surface area contributed by atoms with E-state index in [1.807, 2.05) is 20.8 Å². The standard InChI is InChI=1S/C15H24N2O4S/c1-4-20-14-7-6-13(10-15(14)21-5-2)22(18,19)17-9-8-16-11-12(17)3/h6-7,10,12,16H,4-5,8-9,11H2,1-3H3/t12-/m1/s1. The molecule has 22 heavy (non-hydrogen) atoms. The van der Waals surface area contributed by atoms with Gasteiger partial charge in [0.2, 0.25) is 10.0 Å². The lowest BCUT2D eigenvalue weighted by molar-refractivity contribution is 0.281. The maximum Gasteiger partial charge on any atom is 0.243 e. The molecule has 0 bridgehead atoms. The third-order valence-corrected chi connectivity index (χ3v) is 5.57. The minimum Gasteiger partial charge on any atom is -0.490 e. The molecule has 1 saturated heterocycles. The molecule has 7 heteroatoms. The zero-order chi connectivity index (χ0) is 16.2. The van der Waals surface area contributed by atoms with Gasteiger partial charge in [0.05, 0.1) is 18.1 Å². The maximum absolute atomic E-state index is 12.8. The molecule has 1 heterocycles. The van der Waals surface area contributed by atoms with Crippen molar-refractivity contribution in [2.24, 2.45) is 0 Å². The van der Waals surface area contributed by atoms with E-state index in [2.05, 4.69) is 5.32 Å². The molecular formula is C15H24N2O4S. The SMILES string of the molecule is CCOc1ccc(S(=O)(=O)N2CCNC[C@H]2C)cc1OCC. The molecule has 2 rings (SSSR count). The highest BCUT2D eigenvalue weighted by Gasteiger charge is 2.31. The molecule has 0 radical (unpaired) electrons. The highest BCUT2D eigenvalue weighted by Crippen LogP contribution is 2.32. The van der Waals surface area contributed by atoms with Crippen LogP contribution in [0.5, 0.6) is 11.5 Å². The van der Waals surface area contributed by atoms with E-state index in [1.165, 1.54) is 4.31 Å². The molecular weight excluding hydrogens is 304 g/mol. The van der Waals surface area contributed by atoms with E-state index in [-0.39, 0.29) is 10.9 Å². The topological polar surface area (TPSA) is 67.9 Å². The first-order valence-electron chi connectivity index (χ1n) is 7.63. The first-order valence-corrected chi connectivity index (χ1v) is 9.07. The summed E-state index contributed by atoms with van der Waals surface area (Å²) in [4.78, 5) is 0.244. The number of piperazine rings is 1. The maximum atomic E-state index is 12.8. The zero-order valence-electron chi connectivity index (χ0n) is 13.3. The van der Waals surface area contributed by atoms with Crippen LogP contribution in [0.4, 0.5) is 0 Å². The lowest BCUT2D eigenvalue weighted by Gasteiger charge is -2.32. The van der Waals surface area contributed by atoms with Gasteiger partial charge in [0.25, 0.3) is 0 Å². The van der Waals surface area contributed by atoms with Gasteiger partial charge in [0.15, 0.2) is 11.5 Å². The molecule has 0 unspecified atom stereocenters. The quantitative estimate of drug-likeness (QED) is 0.856. The second kappa shape index (κ2) is 7.30. The summed E-state index contributed by atoms with van der Waals surface area (Å²) in [5.74, 6) is 1.03. The number of nitrogens with one attached hydrogen (secondary N) is 1. The summed E-state index contributed by atoms with van der Waals surface area (Å²) in [5, 5.41) is 3.19. The van der Waals surface area contributed by atoms with Crippen LogP contribution in [0.25, 0.3) is 0 Å². The molecule has 1 aliphatic rings. The van der Waals surface area contributed by atoms with E-state index < -0.39 is 10.0 Å². The smallest absolute Gasteiger partial charge is 0.243 e. The van der Waals surface area contributed by atoms with Gasteiger partial charge in [-0.25, -0.2) is 8.42 Å². The highest BCUT2D eigenvalue weighted by molar-refractivity contribution is 7.89. The summed E-state index contributed by atoms with van der Waals surface area (Å²) in [6.07, 6.45) is 0. The van der Waals surface area contributed by atoms with Crippen LogP contribution >= 0.6 is 0 Å². The van der Waals surface area contributed by atoms with Crippen molar-refractivity contribution in [2.45, 2.75) is 31.7 Å². The minimum absolute atomic E-state index is 0.0686. The molecule has 0 amide bonds. The van der Waals surface area contributed by atoms with Crippen LogP contribution in [0.2, 0.25) is 0 Å². The Morgan fingerprint density at radius 3 is 2.55 bits per heavy atom. The van der Waals surface area contributed by atoms with Crippen molar-refractivity contribution in [3.63, 3.8) is 0 Å². The van der Waals surface area contributed by atoms with Gasteiger partial charge in [-0.2, -0.15) is 4.31 Å². The fourth-order valence-corrected chi connectivity index (χ4v) is 4.15. The van der Waals surface area contributed by atoms with E-state index in [0.717, 1.165) is 0 Å². The molecule has 0 spiro atoms. The largest absolute Gasteiger partial charge is 0.490 e. The van der Waals surface area contributed by atoms with Crippen molar-refractivity contribution in [2.75, 3.05) is 32.8 Å². The van der Waals surface area contributed by atoms with E-state index in [9.17, 15) is 8.42 Å². The second-order valence-electron chi connectivity index (χ2n) is 5.14. The first kappa shape index (κ1) is 17.1. The average molecular weight is 328 g/mol. The Hall–Kier alpha value is -1.31. The van der Waals surface area contributed by atoms with Crippen molar-refractivity contribution in [1.29, 1.82) is 0 Å². The van der Waals surface area contributed by atoms with Gasteiger partial charge in [-0.05, 0) is 32.9 Å². The number of rotatable bonds is 6. The molecule has 0 aliphatic carbocycles. The van der Waals surface area contributed by atoms with E-state index in [1.54, 1.807) is 18.2 Å². The third kappa shape index (κ3) is 3.53. The third-order valence-electron chi connectivity index (χ3n) is 3.56. The summed E-state index contributed by atoms with van der Waals surface area (Å²) in [6.45, 7) is 8.39. The van der Waals surface area contributed by atoms with Gasteiger partial charge in [-0.1, -0.05) is 0 Å². The normalized spacial score (nSPS) is 19.9. The van der Waals surface area contributed by atoms with Crippen LogP contribution in [0.15, 0.2) is 23.1 Å². The number of hydrogen-bond acceptors (Lipinski definition) is 5. The minimum atomic E-state index is -3.53. The molecule has 6 nitrogen and oxygen atoms in total. The summed E-state index contributed by atoms with van der Waals surface area (Å²) >= 11 is 0. The highest BCUT2D eigenvalue weighted by atomic mass is 32.2. The van der Waals surface area contributed by atoms with Crippen LogP contribution in [0, 0.1) is 0 Å². The van der Waals surface area contributed by atoms with Crippen LogP contribution in [-0.2, 0) is 10.0 Å². The molecule has 0 saturated carbocycles. The Kier molecular flexibility index (Phi) is 5.66. The van der Waals surface area contributed by atoms with E-state index in [0.29, 0.717) is 44.3 Å².